The van der Waals surface area contributed by atoms with Crippen molar-refractivity contribution in [2.45, 2.75) is 19.0 Å². The minimum Gasteiger partial charge on any atom is -0.309 e. The molecule has 1 aliphatic rings. The van der Waals surface area contributed by atoms with E-state index in [1.165, 1.54) is 6.07 Å². The zero-order chi connectivity index (χ0) is 14.0. The third-order valence-corrected chi connectivity index (χ3v) is 5.47. The maximum Gasteiger partial charge on any atom is 0.283 e. The smallest absolute Gasteiger partial charge is 0.283 e. The van der Waals surface area contributed by atoms with Gasteiger partial charge in [0.2, 0.25) is 0 Å². The molecule has 0 amide bonds. The number of rotatable bonds is 4. The SMILES string of the molecule is O=[N+]([O-])c1cc(CNC2CCS(=O)(=O)C2)ccc1Br. The number of hydrogen-bond acceptors (Lipinski definition) is 5. The van der Waals surface area contributed by atoms with E-state index in [9.17, 15) is 18.5 Å². The van der Waals surface area contributed by atoms with Crippen LogP contribution in [0.15, 0.2) is 22.7 Å². The molecule has 0 aliphatic carbocycles. The minimum atomic E-state index is -2.91. The molecular formula is C11H13BrN2O4S. The fourth-order valence-corrected chi connectivity index (χ4v) is 4.13. The Bertz CT molecular complexity index is 603. The Morgan fingerprint density at radius 2 is 2.21 bits per heavy atom. The second kappa shape index (κ2) is 5.56. The van der Waals surface area contributed by atoms with Crippen molar-refractivity contribution in [3.05, 3.63) is 38.3 Å². The van der Waals surface area contributed by atoms with Crippen molar-refractivity contribution >= 4 is 31.5 Å². The lowest BCUT2D eigenvalue weighted by Crippen LogP contribution is -2.29. The second-order valence-electron chi connectivity index (χ2n) is 4.52. The minimum absolute atomic E-state index is 0.0124. The van der Waals surface area contributed by atoms with Gasteiger partial charge in [0.1, 0.15) is 0 Å². The van der Waals surface area contributed by atoms with Crippen LogP contribution < -0.4 is 5.32 Å². The molecule has 0 bridgehead atoms. The Kier molecular flexibility index (Phi) is 4.22. The van der Waals surface area contributed by atoms with Crippen molar-refractivity contribution in [2.75, 3.05) is 11.5 Å². The highest BCUT2D eigenvalue weighted by Gasteiger charge is 2.27. The van der Waals surface area contributed by atoms with E-state index in [1.807, 2.05) is 0 Å². The first-order valence-electron chi connectivity index (χ1n) is 5.74. The lowest BCUT2D eigenvalue weighted by atomic mass is 10.2. The molecule has 19 heavy (non-hydrogen) atoms. The topological polar surface area (TPSA) is 89.3 Å². The van der Waals surface area contributed by atoms with Crippen LogP contribution in [0.2, 0.25) is 0 Å². The van der Waals surface area contributed by atoms with Crippen LogP contribution in [0, 0.1) is 10.1 Å². The predicted molar refractivity (Wildman–Crippen MR) is 74.7 cm³/mol. The number of nitro groups is 1. The van der Waals surface area contributed by atoms with Crippen LogP contribution in [-0.4, -0.2) is 30.9 Å². The standard InChI is InChI=1S/C11H13BrN2O4S/c12-10-2-1-8(5-11(10)14(15)16)6-13-9-3-4-19(17,18)7-9/h1-2,5,9,13H,3-4,6-7H2. The van der Waals surface area contributed by atoms with Crippen LogP contribution in [0.5, 0.6) is 0 Å². The van der Waals surface area contributed by atoms with E-state index in [2.05, 4.69) is 21.2 Å². The normalized spacial score (nSPS) is 21.4. The summed E-state index contributed by atoms with van der Waals surface area (Å²) in [5.74, 6) is 0.358. The monoisotopic (exact) mass is 348 g/mol. The highest BCUT2D eigenvalue weighted by Crippen LogP contribution is 2.25. The van der Waals surface area contributed by atoms with Crippen molar-refractivity contribution in [1.82, 2.24) is 5.32 Å². The van der Waals surface area contributed by atoms with Crippen molar-refractivity contribution < 1.29 is 13.3 Å². The number of sulfone groups is 1. The van der Waals surface area contributed by atoms with Crippen molar-refractivity contribution in [3.8, 4) is 0 Å². The first-order chi connectivity index (χ1) is 8.87. The number of hydrogen-bond donors (Lipinski definition) is 1. The molecular weight excluding hydrogens is 336 g/mol. The van der Waals surface area contributed by atoms with Gasteiger partial charge in [0.05, 0.1) is 20.9 Å². The van der Waals surface area contributed by atoms with E-state index >= 15 is 0 Å². The van der Waals surface area contributed by atoms with Gasteiger partial charge in [-0.3, -0.25) is 10.1 Å². The van der Waals surface area contributed by atoms with Crippen molar-refractivity contribution in [3.63, 3.8) is 0 Å². The van der Waals surface area contributed by atoms with Gasteiger partial charge in [0.15, 0.2) is 9.84 Å². The van der Waals surface area contributed by atoms with Crippen LogP contribution >= 0.6 is 15.9 Å². The summed E-state index contributed by atoms with van der Waals surface area (Å²) >= 11 is 3.12. The Hall–Kier alpha value is -0.990. The summed E-state index contributed by atoms with van der Waals surface area (Å²) in [5.41, 5.74) is 0.776. The maximum absolute atomic E-state index is 11.3. The number of nitrogens with zero attached hydrogens (tertiary/aromatic N) is 1. The molecule has 1 atom stereocenters. The van der Waals surface area contributed by atoms with E-state index in [4.69, 9.17) is 0 Å². The fraction of sp³-hybridized carbons (Fsp3) is 0.455. The molecule has 104 valence electrons. The molecule has 0 spiro atoms. The van der Waals surface area contributed by atoms with E-state index < -0.39 is 14.8 Å². The molecule has 6 nitrogen and oxygen atoms in total. The molecule has 1 fully saturated rings. The molecule has 1 N–H and O–H groups in total. The van der Waals surface area contributed by atoms with Gasteiger partial charge in [-0.15, -0.1) is 0 Å². The van der Waals surface area contributed by atoms with Crippen molar-refractivity contribution in [1.29, 1.82) is 0 Å². The fourth-order valence-electron chi connectivity index (χ4n) is 2.03. The Balaban J connectivity index is 2.01. The number of halogens is 1. The Morgan fingerprint density at radius 1 is 1.47 bits per heavy atom. The van der Waals surface area contributed by atoms with Gasteiger partial charge in [-0.25, -0.2) is 8.42 Å². The van der Waals surface area contributed by atoms with Crippen LogP contribution in [0.1, 0.15) is 12.0 Å². The quantitative estimate of drug-likeness (QED) is 0.659. The highest BCUT2D eigenvalue weighted by molar-refractivity contribution is 9.10. The van der Waals surface area contributed by atoms with Gasteiger partial charge in [0, 0.05) is 18.7 Å². The average molecular weight is 349 g/mol. The van der Waals surface area contributed by atoms with Crippen LogP contribution in [0.25, 0.3) is 0 Å². The van der Waals surface area contributed by atoms with Crippen LogP contribution in [0.3, 0.4) is 0 Å². The zero-order valence-electron chi connectivity index (χ0n) is 10.0. The van der Waals surface area contributed by atoms with Gasteiger partial charge in [-0.05, 0) is 34.0 Å². The van der Waals surface area contributed by atoms with E-state index in [0.717, 1.165) is 5.56 Å². The third-order valence-electron chi connectivity index (χ3n) is 3.03. The summed E-state index contributed by atoms with van der Waals surface area (Å²) in [6.45, 7) is 0.425. The van der Waals surface area contributed by atoms with E-state index in [-0.39, 0.29) is 23.2 Å². The average Bonchev–Trinajstić information content (AvgIpc) is 2.67. The lowest BCUT2D eigenvalue weighted by molar-refractivity contribution is -0.385. The molecule has 0 saturated carbocycles. The van der Waals surface area contributed by atoms with Gasteiger partial charge < -0.3 is 5.32 Å². The number of benzene rings is 1. The summed E-state index contributed by atoms with van der Waals surface area (Å²) in [6, 6.07) is 4.82. The van der Waals surface area contributed by atoms with E-state index in [0.29, 0.717) is 17.4 Å². The number of nitro benzene ring substituents is 1. The molecule has 8 heteroatoms. The summed E-state index contributed by atoms with van der Waals surface area (Å²) in [5, 5.41) is 13.9. The number of nitrogens with one attached hydrogen (secondary N) is 1. The molecule has 1 saturated heterocycles. The van der Waals surface area contributed by atoms with Gasteiger partial charge in [-0.2, -0.15) is 0 Å². The molecule has 1 heterocycles. The summed E-state index contributed by atoms with van der Waals surface area (Å²) in [6.07, 6.45) is 0.598. The summed E-state index contributed by atoms with van der Waals surface area (Å²) in [4.78, 5) is 10.3. The van der Waals surface area contributed by atoms with Crippen molar-refractivity contribution in [2.24, 2.45) is 0 Å². The van der Waals surface area contributed by atoms with Crippen LogP contribution in [-0.2, 0) is 16.4 Å². The van der Waals surface area contributed by atoms with E-state index in [1.54, 1.807) is 12.1 Å². The first kappa shape index (κ1) is 14.4. The second-order valence-corrected chi connectivity index (χ2v) is 7.61. The van der Waals surface area contributed by atoms with Gasteiger partial charge in [0.25, 0.3) is 5.69 Å². The summed E-state index contributed by atoms with van der Waals surface area (Å²) < 4.78 is 23.0. The predicted octanol–water partition coefficient (Wildman–Crippen LogP) is 1.63. The van der Waals surface area contributed by atoms with Crippen LogP contribution in [0.4, 0.5) is 5.69 Å². The molecule has 1 aliphatic heterocycles. The first-order valence-corrected chi connectivity index (χ1v) is 8.35. The maximum atomic E-state index is 11.3. The molecule has 2 rings (SSSR count). The zero-order valence-corrected chi connectivity index (χ0v) is 12.4. The Morgan fingerprint density at radius 3 is 2.79 bits per heavy atom. The third kappa shape index (κ3) is 3.74. The van der Waals surface area contributed by atoms with Gasteiger partial charge in [-0.1, -0.05) is 6.07 Å². The molecule has 1 unspecified atom stereocenters. The highest BCUT2D eigenvalue weighted by atomic mass is 79.9. The Labute approximate surface area is 119 Å². The molecule has 1 aromatic rings. The molecule has 0 aromatic heterocycles. The van der Waals surface area contributed by atoms with Gasteiger partial charge >= 0.3 is 0 Å². The largest absolute Gasteiger partial charge is 0.309 e. The molecule has 0 radical (unpaired) electrons. The summed E-state index contributed by atoms with van der Waals surface area (Å²) in [7, 11) is -2.91. The molecule has 1 aromatic carbocycles. The lowest BCUT2D eigenvalue weighted by Gasteiger charge is -2.10.